The van der Waals surface area contributed by atoms with E-state index < -0.39 is 45.5 Å². The first-order chi connectivity index (χ1) is 30.7. The number of Topliss-reactive ketones (excluding diaryl/α,β-unsaturated/α-hetero) is 1. The van der Waals surface area contributed by atoms with Gasteiger partial charge < -0.3 is 18.5 Å². The van der Waals surface area contributed by atoms with Crippen molar-refractivity contribution >= 4 is 24.8 Å². The van der Waals surface area contributed by atoms with E-state index in [4.69, 9.17) is 18.5 Å². The van der Waals surface area contributed by atoms with Crippen LogP contribution in [0.3, 0.4) is 0 Å². The molecule has 0 spiro atoms. The van der Waals surface area contributed by atoms with Gasteiger partial charge in [-0.15, -0.1) is 0 Å². The lowest BCUT2D eigenvalue weighted by molar-refractivity contribution is -0.385. The summed E-state index contributed by atoms with van der Waals surface area (Å²) in [6.07, 6.45) is 1.18. The number of rotatable bonds is 22. The van der Waals surface area contributed by atoms with Crippen molar-refractivity contribution in [1.29, 1.82) is 0 Å². The molecule has 0 amide bonds. The molecule has 0 bridgehead atoms. The summed E-state index contributed by atoms with van der Waals surface area (Å²) in [4.78, 5) is 64.7. The molecule has 0 fully saturated rings. The predicted molar refractivity (Wildman–Crippen MR) is 238 cm³/mol. The first-order valence-corrected chi connectivity index (χ1v) is 21.6. The normalized spacial score (nSPS) is 12.6. The van der Waals surface area contributed by atoms with Gasteiger partial charge in [-0.25, -0.2) is 4.79 Å². The van der Waals surface area contributed by atoms with Crippen LogP contribution in [0.25, 0.3) is 0 Å². The smallest absolute Gasteiger partial charge is 0.379 e. The molecule has 0 aliphatic rings. The van der Waals surface area contributed by atoms with Crippen molar-refractivity contribution in [2.24, 2.45) is 0 Å². The Morgan fingerprint density at radius 3 is 1.62 bits per heavy atom. The number of ketones is 1. The monoisotopic (exact) mass is 891 g/mol. The van der Waals surface area contributed by atoms with Crippen LogP contribution >= 0.6 is 7.60 Å². The van der Waals surface area contributed by atoms with Gasteiger partial charge in [-0.3, -0.25) is 49.3 Å². The predicted octanol–water partition coefficient (Wildman–Crippen LogP) is 7.18. The third-order valence-corrected chi connectivity index (χ3v) is 13.1. The number of nitro groups is 2. The van der Waals surface area contributed by atoms with Crippen LogP contribution in [0.2, 0.25) is 0 Å². The number of benzene rings is 5. The van der Waals surface area contributed by atoms with E-state index in [1.165, 1.54) is 55.5 Å². The summed E-state index contributed by atoms with van der Waals surface area (Å²) in [6.45, 7) is 1.33. The van der Waals surface area contributed by atoms with E-state index in [9.17, 15) is 34.6 Å². The molecule has 2 N–H and O–H groups in total. The summed E-state index contributed by atoms with van der Waals surface area (Å²) in [6, 6.07) is 37.5. The van der Waals surface area contributed by atoms with Gasteiger partial charge in [-0.1, -0.05) is 97.1 Å². The Morgan fingerprint density at radius 2 is 1.19 bits per heavy atom. The van der Waals surface area contributed by atoms with Gasteiger partial charge in [-0.05, 0) is 66.6 Å². The maximum absolute atomic E-state index is 15.8. The maximum Gasteiger partial charge on any atom is 0.379 e. The second-order valence-electron chi connectivity index (χ2n) is 14.6. The zero-order chi connectivity index (χ0) is 45.9. The molecule has 1 heterocycles. The van der Waals surface area contributed by atoms with Crippen LogP contribution in [-0.2, 0) is 47.0 Å². The molecule has 6 aromatic rings. The van der Waals surface area contributed by atoms with Gasteiger partial charge in [0.25, 0.3) is 22.3 Å². The number of aryl methyl sites for hydroxylation is 1. The molecule has 0 saturated heterocycles. The molecular formula is C46H46N5O12P. The van der Waals surface area contributed by atoms with Gasteiger partial charge in [0.05, 0.1) is 36.8 Å². The number of ether oxygens (including phenoxy) is 2. The van der Waals surface area contributed by atoms with Crippen molar-refractivity contribution in [2.45, 2.75) is 37.7 Å². The number of methoxy groups -OCH3 is 1. The summed E-state index contributed by atoms with van der Waals surface area (Å²) < 4.78 is 41.3. The fourth-order valence-electron chi connectivity index (χ4n) is 7.32. The standard InChI is InChI=1S/C46H46N5O12P/c1-33-32-49(44(54)48-43(33)53)46(34(2)52,47-28-31-61-45(37-10-6-4-7-11-37,38-12-8-5-9-13-38)39-18-24-42(60-3)25-19-39)64(59,62-29-26-35-14-20-40(21-15-35)50(55)56)63-30-27-36-16-22-41(23-17-36)51(57)58/h4-25,32,47H,26-31H2,1-3H3,(H,48,53,54). The summed E-state index contributed by atoms with van der Waals surface area (Å²) in [5.74, 6) is -0.270. The van der Waals surface area contributed by atoms with E-state index in [1.807, 2.05) is 84.9 Å². The summed E-state index contributed by atoms with van der Waals surface area (Å²) in [5, 5.41) is 23.0. The van der Waals surface area contributed by atoms with Crippen LogP contribution in [0, 0.1) is 27.2 Å². The molecule has 1 unspecified atom stereocenters. The number of carbonyl (C=O) groups is 1. The van der Waals surface area contributed by atoms with Gasteiger partial charge in [0.1, 0.15) is 11.4 Å². The van der Waals surface area contributed by atoms with E-state index in [2.05, 4.69) is 10.3 Å². The molecule has 18 heteroatoms. The Hall–Kier alpha value is -6.88. The van der Waals surface area contributed by atoms with Crippen molar-refractivity contribution in [2.75, 3.05) is 33.5 Å². The number of aromatic amines is 1. The van der Waals surface area contributed by atoms with E-state index in [0.29, 0.717) is 16.9 Å². The Bertz CT molecular complexity index is 2620. The molecular weight excluding hydrogens is 846 g/mol. The highest BCUT2D eigenvalue weighted by molar-refractivity contribution is 7.56. The van der Waals surface area contributed by atoms with E-state index in [0.717, 1.165) is 34.4 Å². The number of nitrogens with one attached hydrogen (secondary N) is 2. The SMILES string of the molecule is COc1ccc(C(OCCNC(C(C)=O)(n2cc(C)c(=O)[nH]c2=O)P(=O)(OCCc2ccc([N+](=O)[O-])cc2)OCCc2ccc([N+](=O)[O-])cc2)(c2ccccc2)c2ccccc2)cc1. The van der Waals surface area contributed by atoms with E-state index in [-0.39, 0.29) is 56.1 Å². The van der Waals surface area contributed by atoms with Crippen LogP contribution in [-0.4, -0.2) is 58.7 Å². The fourth-order valence-corrected chi connectivity index (χ4v) is 9.53. The molecule has 1 atom stereocenters. The highest BCUT2D eigenvalue weighted by atomic mass is 31.2. The number of hydrogen-bond acceptors (Lipinski definition) is 13. The lowest BCUT2D eigenvalue weighted by Crippen LogP contribution is -2.59. The van der Waals surface area contributed by atoms with Gasteiger partial charge >= 0.3 is 13.3 Å². The van der Waals surface area contributed by atoms with E-state index >= 15 is 4.57 Å². The Kier molecular flexibility index (Phi) is 15.0. The minimum Gasteiger partial charge on any atom is -0.497 e. The first-order valence-electron chi connectivity index (χ1n) is 20.1. The molecule has 0 aliphatic heterocycles. The zero-order valence-electron chi connectivity index (χ0n) is 35.2. The molecule has 6 rings (SSSR count). The van der Waals surface area contributed by atoms with Gasteiger partial charge in [0, 0.05) is 42.6 Å². The highest BCUT2D eigenvalue weighted by Crippen LogP contribution is 2.61. The number of nitro benzene ring substituents is 2. The van der Waals surface area contributed by atoms with Crippen molar-refractivity contribution in [3.8, 4) is 5.75 Å². The van der Waals surface area contributed by atoms with E-state index in [1.54, 1.807) is 7.11 Å². The summed E-state index contributed by atoms with van der Waals surface area (Å²) >= 11 is 0. The lowest BCUT2D eigenvalue weighted by Gasteiger charge is -2.40. The number of hydrogen-bond donors (Lipinski definition) is 2. The van der Waals surface area contributed by atoms with Crippen LogP contribution < -0.4 is 21.3 Å². The van der Waals surface area contributed by atoms with Crippen LogP contribution in [0.1, 0.15) is 40.3 Å². The van der Waals surface area contributed by atoms with Gasteiger partial charge in [0.2, 0.25) is 0 Å². The number of carbonyl (C=O) groups excluding carboxylic acids is 1. The van der Waals surface area contributed by atoms with Crippen LogP contribution in [0.15, 0.2) is 149 Å². The average Bonchev–Trinajstić information content (AvgIpc) is 3.30. The van der Waals surface area contributed by atoms with Gasteiger partial charge in [-0.2, -0.15) is 0 Å². The number of non-ortho nitro benzene ring substituents is 2. The van der Waals surface area contributed by atoms with Crippen molar-refractivity contribution in [3.05, 3.63) is 214 Å². The fraction of sp³-hybridized carbons (Fsp3) is 0.239. The topological polar surface area (TPSA) is 224 Å². The quantitative estimate of drug-likeness (QED) is 0.0227. The molecule has 1 aromatic heterocycles. The third kappa shape index (κ3) is 9.99. The minimum absolute atomic E-state index is 0.00161. The van der Waals surface area contributed by atoms with Crippen LogP contribution in [0.5, 0.6) is 5.75 Å². The highest BCUT2D eigenvalue weighted by Gasteiger charge is 2.58. The number of aromatic nitrogens is 2. The Labute approximate surface area is 367 Å². The minimum atomic E-state index is -4.99. The number of H-pyrrole nitrogens is 1. The average molecular weight is 892 g/mol. The molecule has 17 nitrogen and oxygen atoms in total. The molecule has 332 valence electrons. The molecule has 5 aromatic carbocycles. The lowest BCUT2D eigenvalue weighted by atomic mass is 9.80. The van der Waals surface area contributed by atoms with Crippen molar-refractivity contribution in [3.63, 3.8) is 0 Å². The third-order valence-electron chi connectivity index (χ3n) is 10.6. The van der Waals surface area contributed by atoms with Gasteiger partial charge in [0.15, 0.2) is 5.78 Å². The summed E-state index contributed by atoms with van der Waals surface area (Å²) in [5.41, 5.74) is -0.0261. The zero-order valence-corrected chi connectivity index (χ0v) is 36.1. The Morgan fingerprint density at radius 1 is 0.719 bits per heavy atom. The van der Waals surface area contributed by atoms with Crippen molar-refractivity contribution in [1.82, 2.24) is 14.9 Å². The molecule has 0 saturated carbocycles. The largest absolute Gasteiger partial charge is 0.497 e. The van der Waals surface area contributed by atoms with Crippen molar-refractivity contribution < 1.29 is 37.7 Å². The second kappa shape index (κ2) is 20.5. The molecule has 0 radical (unpaired) electrons. The second-order valence-corrected chi connectivity index (χ2v) is 16.8. The molecule has 64 heavy (non-hydrogen) atoms. The molecule has 0 aliphatic carbocycles. The maximum atomic E-state index is 15.8. The summed E-state index contributed by atoms with van der Waals surface area (Å²) in [7, 11) is -3.43. The number of nitrogens with zero attached hydrogens (tertiary/aromatic N) is 3. The first kappa shape index (κ1) is 46.6. The Balaban J connectivity index is 1.42. The van der Waals surface area contributed by atoms with Crippen LogP contribution in [0.4, 0.5) is 11.4 Å².